The lowest BCUT2D eigenvalue weighted by atomic mass is 10.1. The number of benzene rings is 1. The Morgan fingerprint density at radius 1 is 1.47 bits per heavy atom. The molecule has 1 rings (SSSR count). The van der Waals surface area contributed by atoms with Gasteiger partial charge in [-0.15, -0.1) is 0 Å². The van der Waals surface area contributed by atoms with Crippen LogP contribution in [0, 0.1) is 0 Å². The molecule has 0 bridgehead atoms. The van der Waals surface area contributed by atoms with E-state index in [9.17, 15) is 9.59 Å². The molecule has 0 spiro atoms. The molecule has 80 valence electrons. The summed E-state index contributed by atoms with van der Waals surface area (Å²) in [4.78, 5) is 20.9. The zero-order valence-corrected chi connectivity index (χ0v) is 7.92. The largest absolute Gasteiger partial charge is 0.508 e. The number of rotatable bonds is 4. The van der Waals surface area contributed by atoms with Crippen molar-refractivity contribution in [2.75, 3.05) is 0 Å². The van der Waals surface area contributed by atoms with E-state index >= 15 is 0 Å². The molecule has 1 aromatic carbocycles. The number of carbonyl (C=O) groups excluding carboxylic acids is 2. The highest BCUT2D eigenvalue weighted by atomic mass is 16.6. The van der Waals surface area contributed by atoms with Gasteiger partial charge in [0.2, 0.25) is 0 Å². The van der Waals surface area contributed by atoms with Gasteiger partial charge in [-0.05, 0) is 24.1 Å². The SMILES string of the molecule is NC(Cc1ccc(O)cc1)C(=O)OC=O. The number of ether oxygens (including phenoxy) is 1. The predicted molar refractivity (Wildman–Crippen MR) is 51.9 cm³/mol. The molecule has 0 fully saturated rings. The summed E-state index contributed by atoms with van der Waals surface area (Å²) in [5, 5.41) is 9.02. The Bertz CT molecular complexity index is 347. The van der Waals surface area contributed by atoms with E-state index in [1.807, 2.05) is 0 Å². The van der Waals surface area contributed by atoms with Gasteiger partial charge in [-0.2, -0.15) is 0 Å². The summed E-state index contributed by atoms with van der Waals surface area (Å²) in [6.07, 6.45) is 0.257. The summed E-state index contributed by atoms with van der Waals surface area (Å²) in [6.45, 7) is 0.0546. The van der Waals surface area contributed by atoms with Crippen molar-refractivity contribution in [1.29, 1.82) is 0 Å². The summed E-state index contributed by atoms with van der Waals surface area (Å²) in [5.41, 5.74) is 6.26. The van der Waals surface area contributed by atoms with Gasteiger partial charge in [0.25, 0.3) is 0 Å². The van der Waals surface area contributed by atoms with Gasteiger partial charge in [-0.25, -0.2) is 4.79 Å². The monoisotopic (exact) mass is 209 g/mol. The Morgan fingerprint density at radius 3 is 2.60 bits per heavy atom. The summed E-state index contributed by atoms with van der Waals surface area (Å²) >= 11 is 0. The van der Waals surface area contributed by atoms with Crippen molar-refractivity contribution in [3.8, 4) is 5.75 Å². The van der Waals surface area contributed by atoms with Gasteiger partial charge in [0.05, 0.1) is 0 Å². The number of esters is 1. The first kappa shape index (κ1) is 11.2. The van der Waals surface area contributed by atoms with Crippen LogP contribution in [0.3, 0.4) is 0 Å². The van der Waals surface area contributed by atoms with Crippen molar-refractivity contribution < 1.29 is 19.4 Å². The number of carbonyl (C=O) groups is 2. The molecule has 0 aliphatic heterocycles. The quantitative estimate of drug-likeness (QED) is 0.412. The molecule has 5 nitrogen and oxygen atoms in total. The molecule has 0 saturated carbocycles. The van der Waals surface area contributed by atoms with Crippen molar-refractivity contribution in [3.63, 3.8) is 0 Å². The summed E-state index contributed by atoms with van der Waals surface area (Å²) in [5.74, 6) is -0.624. The standard InChI is InChI=1S/C10H11NO4/c11-9(10(14)15-6-12)5-7-1-3-8(13)4-2-7/h1-4,6,9,13H,5,11H2. The van der Waals surface area contributed by atoms with Gasteiger partial charge in [0, 0.05) is 0 Å². The van der Waals surface area contributed by atoms with E-state index in [0.717, 1.165) is 5.56 Å². The van der Waals surface area contributed by atoms with E-state index in [1.165, 1.54) is 12.1 Å². The van der Waals surface area contributed by atoms with Crippen LogP contribution in [0.4, 0.5) is 0 Å². The lowest BCUT2D eigenvalue weighted by molar-refractivity contribution is -0.152. The third-order valence-electron chi connectivity index (χ3n) is 1.86. The summed E-state index contributed by atoms with van der Waals surface area (Å²) in [6, 6.07) is 5.40. The summed E-state index contributed by atoms with van der Waals surface area (Å²) in [7, 11) is 0. The van der Waals surface area contributed by atoms with Gasteiger partial charge in [0.15, 0.2) is 0 Å². The highest BCUT2D eigenvalue weighted by molar-refractivity contribution is 5.81. The number of phenols is 1. The molecule has 0 aliphatic carbocycles. The predicted octanol–water partition coefficient (Wildman–Crippen LogP) is -0.0384. The van der Waals surface area contributed by atoms with Crippen LogP contribution in [-0.4, -0.2) is 23.6 Å². The van der Waals surface area contributed by atoms with Crippen LogP contribution in [0.2, 0.25) is 0 Å². The van der Waals surface area contributed by atoms with E-state index in [-0.39, 0.29) is 18.6 Å². The molecule has 15 heavy (non-hydrogen) atoms. The Balaban J connectivity index is 2.57. The molecule has 0 amide bonds. The number of phenolic OH excluding ortho intramolecular Hbond substituents is 1. The van der Waals surface area contributed by atoms with Crippen LogP contribution in [0.1, 0.15) is 5.56 Å². The Kier molecular flexibility index (Phi) is 3.82. The molecule has 0 aromatic heterocycles. The number of hydrogen-bond acceptors (Lipinski definition) is 5. The Labute approximate surface area is 86.5 Å². The average molecular weight is 209 g/mol. The average Bonchev–Trinajstić information content (AvgIpc) is 2.22. The smallest absolute Gasteiger partial charge is 0.330 e. The second-order valence-corrected chi connectivity index (χ2v) is 3.01. The van der Waals surface area contributed by atoms with Crippen LogP contribution in [0.25, 0.3) is 0 Å². The van der Waals surface area contributed by atoms with Gasteiger partial charge in [0.1, 0.15) is 11.8 Å². The topological polar surface area (TPSA) is 89.6 Å². The number of aromatic hydroxyl groups is 1. The molecular formula is C10H11NO4. The van der Waals surface area contributed by atoms with Crippen LogP contribution in [-0.2, 0) is 20.7 Å². The fourth-order valence-electron chi connectivity index (χ4n) is 1.10. The molecule has 0 aliphatic rings. The first-order chi connectivity index (χ1) is 7.13. The van der Waals surface area contributed by atoms with Gasteiger partial charge < -0.3 is 15.6 Å². The van der Waals surface area contributed by atoms with Crippen molar-refractivity contribution in [2.24, 2.45) is 5.73 Å². The van der Waals surface area contributed by atoms with Crippen LogP contribution in [0.5, 0.6) is 5.75 Å². The zero-order chi connectivity index (χ0) is 11.3. The van der Waals surface area contributed by atoms with Gasteiger partial charge in [-0.3, -0.25) is 4.79 Å². The third kappa shape index (κ3) is 3.40. The van der Waals surface area contributed by atoms with Crippen molar-refractivity contribution in [1.82, 2.24) is 0 Å². The number of nitrogens with two attached hydrogens (primary N) is 1. The van der Waals surface area contributed by atoms with Crippen molar-refractivity contribution in [2.45, 2.75) is 12.5 Å². The first-order valence-electron chi connectivity index (χ1n) is 4.31. The molecule has 1 atom stereocenters. The highest BCUT2D eigenvalue weighted by Gasteiger charge is 2.15. The maximum atomic E-state index is 11.0. The second kappa shape index (κ2) is 5.11. The second-order valence-electron chi connectivity index (χ2n) is 3.01. The molecule has 3 N–H and O–H groups in total. The molecular weight excluding hydrogens is 198 g/mol. The van der Waals surface area contributed by atoms with Gasteiger partial charge in [-0.1, -0.05) is 12.1 Å². The fourth-order valence-corrected chi connectivity index (χ4v) is 1.10. The molecule has 0 saturated heterocycles. The van der Waals surface area contributed by atoms with E-state index in [2.05, 4.69) is 4.74 Å². The van der Waals surface area contributed by atoms with Crippen LogP contribution in [0.15, 0.2) is 24.3 Å². The van der Waals surface area contributed by atoms with Crippen LogP contribution >= 0.6 is 0 Å². The summed E-state index contributed by atoms with van der Waals surface area (Å²) < 4.78 is 4.11. The first-order valence-corrected chi connectivity index (χ1v) is 4.31. The Hall–Kier alpha value is -1.88. The van der Waals surface area contributed by atoms with Crippen molar-refractivity contribution in [3.05, 3.63) is 29.8 Å². The van der Waals surface area contributed by atoms with Gasteiger partial charge >= 0.3 is 12.4 Å². The Morgan fingerprint density at radius 2 is 2.07 bits per heavy atom. The fraction of sp³-hybridized carbons (Fsp3) is 0.200. The molecule has 0 radical (unpaired) electrons. The van der Waals surface area contributed by atoms with Crippen molar-refractivity contribution >= 4 is 12.4 Å². The molecule has 5 heteroatoms. The minimum absolute atomic E-state index is 0.0546. The molecule has 1 unspecified atom stereocenters. The zero-order valence-electron chi connectivity index (χ0n) is 7.92. The van der Waals surface area contributed by atoms with E-state index in [4.69, 9.17) is 10.8 Å². The van der Waals surface area contributed by atoms with E-state index < -0.39 is 12.0 Å². The molecule has 0 heterocycles. The highest BCUT2D eigenvalue weighted by Crippen LogP contribution is 2.10. The minimum atomic E-state index is -0.875. The van der Waals surface area contributed by atoms with Crippen LogP contribution < -0.4 is 5.73 Å². The van der Waals surface area contributed by atoms with E-state index in [1.54, 1.807) is 12.1 Å². The third-order valence-corrected chi connectivity index (χ3v) is 1.86. The molecule has 1 aromatic rings. The maximum Gasteiger partial charge on any atom is 0.330 e. The lowest BCUT2D eigenvalue weighted by Crippen LogP contribution is -2.34. The normalized spacial score (nSPS) is 11.8. The maximum absolute atomic E-state index is 11.0. The minimum Gasteiger partial charge on any atom is -0.508 e. The number of hydrogen-bond donors (Lipinski definition) is 2. The van der Waals surface area contributed by atoms with E-state index in [0.29, 0.717) is 0 Å². The lowest BCUT2D eigenvalue weighted by Gasteiger charge is -2.07.